The largest absolute Gasteiger partial charge is 0.481 e. The second-order valence-electron chi connectivity index (χ2n) is 4.65. The van der Waals surface area contributed by atoms with Crippen molar-refractivity contribution in [1.82, 2.24) is 5.32 Å². The van der Waals surface area contributed by atoms with E-state index in [-0.39, 0.29) is 19.1 Å². The summed E-state index contributed by atoms with van der Waals surface area (Å²) in [5.41, 5.74) is -0.678. The van der Waals surface area contributed by atoms with Gasteiger partial charge in [0.25, 0.3) is 5.91 Å². The molecule has 0 radical (unpaired) electrons. The molecule has 2 heterocycles. The van der Waals surface area contributed by atoms with Crippen molar-refractivity contribution in [2.75, 3.05) is 13.2 Å². The average molecular weight is 253 g/mol. The van der Waals surface area contributed by atoms with Gasteiger partial charge in [-0.2, -0.15) is 0 Å². The molecule has 2 atom stereocenters. The Hall–Kier alpha value is -1.82. The summed E-state index contributed by atoms with van der Waals surface area (Å²) in [6.45, 7) is 3.54. The fraction of sp³-hybridized carbons (Fsp3) is 0.500. The van der Waals surface area contributed by atoms with E-state index in [1.165, 1.54) is 6.26 Å². The van der Waals surface area contributed by atoms with Gasteiger partial charge in [0, 0.05) is 0 Å². The number of rotatable bonds is 3. The molecule has 1 saturated heterocycles. The van der Waals surface area contributed by atoms with Crippen molar-refractivity contribution >= 4 is 11.9 Å². The van der Waals surface area contributed by atoms with Gasteiger partial charge in [0.2, 0.25) is 0 Å². The highest BCUT2D eigenvalue weighted by atomic mass is 16.5. The highest BCUT2D eigenvalue weighted by molar-refractivity contribution is 5.95. The first-order valence-corrected chi connectivity index (χ1v) is 5.61. The molecule has 2 N–H and O–H groups in total. The first-order valence-electron chi connectivity index (χ1n) is 5.61. The first kappa shape index (κ1) is 12.6. The van der Waals surface area contributed by atoms with Gasteiger partial charge >= 0.3 is 5.97 Å². The topological polar surface area (TPSA) is 88.8 Å². The van der Waals surface area contributed by atoms with Crippen LogP contribution in [0.25, 0.3) is 0 Å². The van der Waals surface area contributed by atoms with Crippen molar-refractivity contribution in [2.45, 2.75) is 19.9 Å². The number of carboxylic acids is 1. The van der Waals surface area contributed by atoms with Crippen molar-refractivity contribution < 1.29 is 23.8 Å². The molecule has 1 fully saturated rings. The minimum Gasteiger partial charge on any atom is -0.481 e. The van der Waals surface area contributed by atoms with Gasteiger partial charge in [-0.1, -0.05) is 0 Å². The van der Waals surface area contributed by atoms with E-state index in [1.807, 2.05) is 0 Å². The summed E-state index contributed by atoms with van der Waals surface area (Å²) in [7, 11) is 0. The highest BCUT2D eigenvalue weighted by Gasteiger charge is 2.47. The average Bonchev–Trinajstić information content (AvgIpc) is 2.87. The Balaban J connectivity index is 2.13. The number of hydrogen-bond acceptors (Lipinski definition) is 4. The van der Waals surface area contributed by atoms with Crippen LogP contribution in [0, 0.1) is 12.3 Å². The van der Waals surface area contributed by atoms with Crippen molar-refractivity contribution in [3.63, 3.8) is 0 Å². The fourth-order valence-electron chi connectivity index (χ4n) is 1.94. The molecule has 0 aromatic carbocycles. The molecule has 1 aromatic rings. The number of hydrogen-bond donors (Lipinski definition) is 2. The molecule has 98 valence electrons. The second kappa shape index (κ2) is 4.45. The lowest BCUT2D eigenvalue weighted by atomic mass is 9.85. The SMILES string of the molecule is Cc1occc1C(=O)NC1COCC1(C)C(=O)O. The third-order valence-corrected chi connectivity index (χ3v) is 3.35. The van der Waals surface area contributed by atoms with Crippen LogP contribution in [-0.4, -0.2) is 36.2 Å². The maximum Gasteiger partial charge on any atom is 0.313 e. The summed E-state index contributed by atoms with van der Waals surface area (Å²) in [5, 5.41) is 11.9. The van der Waals surface area contributed by atoms with E-state index >= 15 is 0 Å². The zero-order valence-corrected chi connectivity index (χ0v) is 10.2. The molecule has 1 amide bonds. The van der Waals surface area contributed by atoms with Crippen LogP contribution in [0.15, 0.2) is 16.7 Å². The fourth-order valence-corrected chi connectivity index (χ4v) is 1.94. The normalized spacial score (nSPS) is 27.1. The summed E-state index contributed by atoms with van der Waals surface area (Å²) in [6, 6.07) is 1.01. The standard InChI is InChI=1S/C12H15NO5/c1-7-8(3-4-18-7)10(14)13-9-5-17-6-12(9,2)11(15)16/h3-4,9H,5-6H2,1-2H3,(H,13,14)(H,15,16). The lowest BCUT2D eigenvalue weighted by molar-refractivity contribution is -0.148. The Morgan fingerprint density at radius 1 is 1.56 bits per heavy atom. The maximum atomic E-state index is 12.0. The molecule has 0 spiro atoms. The predicted molar refractivity (Wildman–Crippen MR) is 61.3 cm³/mol. The molecule has 2 unspecified atom stereocenters. The Labute approximate surface area is 104 Å². The Bertz CT molecular complexity index is 481. The van der Waals surface area contributed by atoms with Crippen LogP contribution in [0.4, 0.5) is 0 Å². The van der Waals surface area contributed by atoms with Gasteiger partial charge in [0.1, 0.15) is 11.2 Å². The smallest absolute Gasteiger partial charge is 0.313 e. The predicted octanol–water partition coefficient (Wildman–Crippen LogP) is 0.808. The third kappa shape index (κ3) is 1.99. The minimum atomic E-state index is -1.09. The zero-order valence-electron chi connectivity index (χ0n) is 10.2. The van der Waals surface area contributed by atoms with Gasteiger partial charge in [0.05, 0.1) is 31.1 Å². The molecule has 2 rings (SSSR count). The van der Waals surface area contributed by atoms with Crippen LogP contribution in [0.2, 0.25) is 0 Å². The molecule has 1 aliphatic rings. The second-order valence-corrected chi connectivity index (χ2v) is 4.65. The van der Waals surface area contributed by atoms with E-state index in [0.29, 0.717) is 11.3 Å². The molecule has 0 aliphatic carbocycles. The third-order valence-electron chi connectivity index (χ3n) is 3.35. The summed E-state index contributed by atoms with van der Waals surface area (Å²) >= 11 is 0. The van der Waals surface area contributed by atoms with Crippen LogP contribution in [-0.2, 0) is 9.53 Å². The van der Waals surface area contributed by atoms with E-state index in [2.05, 4.69) is 5.32 Å². The van der Waals surface area contributed by atoms with Gasteiger partial charge < -0.3 is 19.6 Å². The van der Waals surface area contributed by atoms with Crippen molar-refractivity contribution in [2.24, 2.45) is 5.41 Å². The summed E-state index contributed by atoms with van der Waals surface area (Å²) in [5.74, 6) is -0.818. The first-order chi connectivity index (χ1) is 8.45. The number of carbonyl (C=O) groups is 2. The van der Waals surface area contributed by atoms with Crippen LogP contribution in [0.3, 0.4) is 0 Å². The Kier molecular flexibility index (Phi) is 3.13. The molecule has 0 bridgehead atoms. The highest BCUT2D eigenvalue weighted by Crippen LogP contribution is 2.29. The van der Waals surface area contributed by atoms with Crippen LogP contribution in [0.5, 0.6) is 0 Å². The zero-order chi connectivity index (χ0) is 13.3. The molecular formula is C12H15NO5. The molecule has 1 aromatic heterocycles. The number of carboxylic acid groups (broad SMARTS) is 1. The lowest BCUT2D eigenvalue weighted by Gasteiger charge is -2.25. The summed E-state index contributed by atoms with van der Waals surface area (Å²) in [6.07, 6.45) is 1.42. The van der Waals surface area contributed by atoms with Gasteiger partial charge in [-0.25, -0.2) is 0 Å². The van der Waals surface area contributed by atoms with Gasteiger partial charge in [-0.15, -0.1) is 0 Å². The van der Waals surface area contributed by atoms with Crippen molar-refractivity contribution in [3.8, 4) is 0 Å². The molecule has 18 heavy (non-hydrogen) atoms. The summed E-state index contributed by atoms with van der Waals surface area (Å²) < 4.78 is 10.2. The maximum absolute atomic E-state index is 12.0. The Morgan fingerprint density at radius 3 is 2.83 bits per heavy atom. The van der Waals surface area contributed by atoms with Crippen molar-refractivity contribution in [3.05, 3.63) is 23.7 Å². The van der Waals surface area contributed by atoms with Crippen LogP contribution >= 0.6 is 0 Å². The minimum absolute atomic E-state index is 0.0949. The van der Waals surface area contributed by atoms with E-state index < -0.39 is 17.4 Å². The monoisotopic (exact) mass is 253 g/mol. The number of ether oxygens (including phenoxy) is 1. The van der Waals surface area contributed by atoms with Crippen molar-refractivity contribution in [1.29, 1.82) is 0 Å². The van der Waals surface area contributed by atoms with E-state index in [0.717, 1.165) is 0 Å². The number of carbonyl (C=O) groups excluding carboxylic acids is 1. The number of aryl methyl sites for hydroxylation is 1. The number of aliphatic carboxylic acids is 1. The molecule has 1 aliphatic heterocycles. The molecular weight excluding hydrogens is 238 g/mol. The van der Waals surface area contributed by atoms with E-state index in [9.17, 15) is 14.7 Å². The van der Waals surface area contributed by atoms with E-state index in [1.54, 1.807) is 19.9 Å². The van der Waals surface area contributed by atoms with Gasteiger partial charge in [-0.3, -0.25) is 9.59 Å². The van der Waals surface area contributed by atoms with Gasteiger partial charge in [-0.05, 0) is 19.9 Å². The molecule has 6 nitrogen and oxygen atoms in total. The molecule has 6 heteroatoms. The van der Waals surface area contributed by atoms with E-state index in [4.69, 9.17) is 9.15 Å². The van der Waals surface area contributed by atoms with Gasteiger partial charge in [0.15, 0.2) is 0 Å². The lowest BCUT2D eigenvalue weighted by Crippen LogP contribution is -2.49. The quantitative estimate of drug-likeness (QED) is 0.832. The Morgan fingerprint density at radius 2 is 2.28 bits per heavy atom. The molecule has 0 saturated carbocycles. The number of furan rings is 1. The number of nitrogens with one attached hydrogen (secondary N) is 1. The summed E-state index contributed by atoms with van der Waals surface area (Å²) in [4.78, 5) is 23.2. The van der Waals surface area contributed by atoms with Crippen LogP contribution in [0.1, 0.15) is 23.0 Å². The van der Waals surface area contributed by atoms with Crippen LogP contribution < -0.4 is 5.32 Å². The number of amides is 1.